The smallest absolute Gasteiger partial charge is 0.253 e. The van der Waals surface area contributed by atoms with E-state index in [-0.39, 0.29) is 24.4 Å². The lowest BCUT2D eigenvalue weighted by molar-refractivity contribution is 0.0923. The predicted octanol–water partition coefficient (Wildman–Crippen LogP) is 4.18. The number of piperidine rings is 1. The molecule has 2 aromatic rings. The SMILES string of the molecule is Cc1cc(C(=O)NC2CC3CCC(C2)N3)c(C)n1-c1ccc(Cl)cc1.Cl. The highest BCUT2D eigenvalue weighted by molar-refractivity contribution is 6.30. The van der Waals surface area contributed by atoms with E-state index >= 15 is 0 Å². The lowest BCUT2D eigenvalue weighted by Gasteiger charge is -2.29. The average Bonchev–Trinajstić information content (AvgIpc) is 3.07. The van der Waals surface area contributed by atoms with Crippen LogP contribution in [0.25, 0.3) is 5.69 Å². The van der Waals surface area contributed by atoms with E-state index in [1.165, 1.54) is 12.8 Å². The molecule has 0 spiro atoms. The first kappa shape index (κ1) is 19.3. The Labute approximate surface area is 165 Å². The maximum absolute atomic E-state index is 12.9. The third-order valence-corrected chi connectivity index (χ3v) is 5.82. The van der Waals surface area contributed by atoms with Crippen molar-refractivity contribution < 1.29 is 4.79 Å². The minimum Gasteiger partial charge on any atom is -0.349 e. The van der Waals surface area contributed by atoms with Crippen molar-refractivity contribution in [1.82, 2.24) is 15.2 Å². The molecule has 2 N–H and O–H groups in total. The van der Waals surface area contributed by atoms with Crippen molar-refractivity contribution in [1.29, 1.82) is 0 Å². The van der Waals surface area contributed by atoms with Crippen LogP contribution in [0.1, 0.15) is 47.4 Å². The molecule has 2 aliphatic heterocycles. The van der Waals surface area contributed by atoms with Crippen LogP contribution < -0.4 is 10.6 Å². The Morgan fingerprint density at radius 3 is 2.38 bits per heavy atom. The zero-order valence-electron chi connectivity index (χ0n) is 15.1. The van der Waals surface area contributed by atoms with Crippen LogP contribution in [-0.2, 0) is 0 Å². The largest absolute Gasteiger partial charge is 0.349 e. The fraction of sp³-hybridized carbons (Fsp3) is 0.450. The number of nitrogens with zero attached hydrogens (tertiary/aromatic N) is 1. The first-order chi connectivity index (χ1) is 12.0. The standard InChI is InChI=1S/C20H24ClN3O.ClH/c1-12-9-19(13(2)24(12)18-7-3-14(21)4-8-18)20(25)23-17-10-15-5-6-16(11-17)22-15;/h3-4,7-9,15-17,22H,5-6,10-11H2,1-2H3,(H,23,25);1H. The quantitative estimate of drug-likeness (QED) is 0.821. The summed E-state index contributed by atoms with van der Waals surface area (Å²) in [4.78, 5) is 12.9. The minimum atomic E-state index is 0. The number of amides is 1. The van der Waals surface area contributed by atoms with Crippen LogP contribution >= 0.6 is 24.0 Å². The van der Waals surface area contributed by atoms with Gasteiger partial charge in [-0.3, -0.25) is 4.79 Å². The highest BCUT2D eigenvalue weighted by Crippen LogP contribution is 2.27. The predicted molar refractivity (Wildman–Crippen MR) is 108 cm³/mol. The molecule has 0 radical (unpaired) electrons. The summed E-state index contributed by atoms with van der Waals surface area (Å²) in [5.74, 6) is 0.0413. The van der Waals surface area contributed by atoms with E-state index in [1.807, 2.05) is 44.2 Å². The Morgan fingerprint density at radius 1 is 1.15 bits per heavy atom. The number of rotatable bonds is 3. The summed E-state index contributed by atoms with van der Waals surface area (Å²) in [5.41, 5.74) is 3.81. The molecule has 2 bridgehead atoms. The number of carbonyl (C=O) groups is 1. The number of halogens is 2. The summed E-state index contributed by atoms with van der Waals surface area (Å²) in [7, 11) is 0. The molecule has 3 heterocycles. The second-order valence-electron chi connectivity index (χ2n) is 7.38. The second-order valence-corrected chi connectivity index (χ2v) is 7.81. The van der Waals surface area contributed by atoms with Crippen molar-refractivity contribution >= 4 is 29.9 Å². The van der Waals surface area contributed by atoms with Gasteiger partial charge in [0.15, 0.2) is 0 Å². The van der Waals surface area contributed by atoms with Gasteiger partial charge in [-0.1, -0.05) is 11.6 Å². The van der Waals surface area contributed by atoms with Crippen LogP contribution in [0.15, 0.2) is 30.3 Å². The number of aromatic nitrogens is 1. The van der Waals surface area contributed by atoms with Gasteiger partial charge in [-0.25, -0.2) is 0 Å². The first-order valence-electron chi connectivity index (χ1n) is 9.03. The van der Waals surface area contributed by atoms with Gasteiger partial charge in [-0.05, 0) is 69.9 Å². The highest BCUT2D eigenvalue weighted by Gasteiger charge is 2.34. The molecule has 140 valence electrons. The average molecular weight is 394 g/mol. The number of benzene rings is 1. The lowest BCUT2D eigenvalue weighted by atomic mass is 9.99. The summed E-state index contributed by atoms with van der Waals surface area (Å²) in [5, 5.41) is 7.59. The molecule has 0 aliphatic carbocycles. The summed E-state index contributed by atoms with van der Waals surface area (Å²) in [6.07, 6.45) is 4.56. The number of nitrogens with one attached hydrogen (secondary N) is 2. The molecule has 1 aromatic heterocycles. The van der Waals surface area contributed by atoms with Crippen LogP contribution in [0, 0.1) is 13.8 Å². The number of hydrogen-bond donors (Lipinski definition) is 2. The van der Waals surface area contributed by atoms with E-state index in [9.17, 15) is 4.79 Å². The molecule has 2 unspecified atom stereocenters. The Morgan fingerprint density at radius 2 is 1.77 bits per heavy atom. The summed E-state index contributed by atoms with van der Waals surface area (Å²) >= 11 is 5.99. The second kappa shape index (κ2) is 7.63. The van der Waals surface area contributed by atoms with Crippen LogP contribution in [0.2, 0.25) is 5.02 Å². The lowest BCUT2D eigenvalue weighted by Crippen LogP contribution is -2.48. The van der Waals surface area contributed by atoms with Gasteiger partial charge >= 0.3 is 0 Å². The topological polar surface area (TPSA) is 46.1 Å². The summed E-state index contributed by atoms with van der Waals surface area (Å²) in [6, 6.07) is 11.1. The zero-order valence-corrected chi connectivity index (χ0v) is 16.7. The van der Waals surface area contributed by atoms with Gasteiger partial charge in [0, 0.05) is 40.2 Å². The Balaban J connectivity index is 0.00000196. The Hall–Kier alpha value is -1.49. The maximum atomic E-state index is 12.9. The van der Waals surface area contributed by atoms with Crippen LogP contribution in [0.3, 0.4) is 0 Å². The molecule has 1 aromatic carbocycles. The fourth-order valence-electron chi connectivity index (χ4n) is 4.42. The monoisotopic (exact) mass is 393 g/mol. The van der Waals surface area contributed by atoms with Gasteiger partial charge in [0.1, 0.15) is 0 Å². The van der Waals surface area contributed by atoms with Gasteiger partial charge in [0.2, 0.25) is 0 Å². The van der Waals surface area contributed by atoms with E-state index in [2.05, 4.69) is 15.2 Å². The molecule has 2 aliphatic rings. The normalized spacial score (nSPS) is 24.2. The molecule has 4 nitrogen and oxygen atoms in total. The molecule has 0 saturated carbocycles. The van der Waals surface area contributed by atoms with E-state index in [0.717, 1.165) is 35.5 Å². The van der Waals surface area contributed by atoms with Crippen molar-refractivity contribution in [3.05, 3.63) is 52.3 Å². The summed E-state index contributed by atoms with van der Waals surface area (Å²) < 4.78 is 2.11. The molecule has 2 saturated heterocycles. The van der Waals surface area contributed by atoms with E-state index in [4.69, 9.17) is 11.6 Å². The van der Waals surface area contributed by atoms with Crippen molar-refractivity contribution in [3.8, 4) is 5.69 Å². The molecular formula is C20H25Cl2N3O. The Bertz CT molecular complexity index is 788. The molecule has 6 heteroatoms. The zero-order chi connectivity index (χ0) is 17.6. The van der Waals surface area contributed by atoms with Gasteiger partial charge in [-0.2, -0.15) is 0 Å². The van der Waals surface area contributed by atoms with Crippen LogP contribution in [0.5, 0.6) is 0 Å². The van der Waals surface area contributed by atoms with E-state index in [1.54, 1.807) is 0 Å². The molecular weight excluding hydrogens is 369 g/mol. The van der Waals surface area contributed by atoms with Gasteiger partial charge < -0.3 is 15.2 Å². The molecule has 4 rings (SSSR count). The fourth-order valence-corrected chi connectivity index (χ4v) is 4.54. The van der Waals surface area contributed by atoms with E-state index in [0.29, 0.717) is 17.1 Å². The number of fused-ring (bicyclic) bond motifs is 2. The van der Waals surface area contributed by atoms with Crippen molar-refractivity contribution in [2.45, 2.75) is 57.7 Å². The number of hydrogen-bond acceptors (Lipinski definition) is 2. The van der Waals surface area contributed by atoms with E-state index < -0.39 is 0 Å². The molecule has 1 amide bonds. The van der Waals surface area contributed by atoms with Crippen molar-refractivity contribution in [2.75, 3.05) is 0 Å². The van der Waals surface area contributed by atoms with Crippen LogP contribution in [-0.4, -0.2) is 28.6 Å². The molecule has 2 atom stereocenters. The molecule has 26 heavy (non-hydrogen) atoms. The van der Waals surface area contributed by atoms with Crippen molar-refractivity contribution in [2.24, 2.45) is 0 Å². The highest BCUT2D eigenvalue weighted by atomic mass is 35.5. The molecule has 2 fully saturated rings. The van der Waals surface area contributed by atoms with Gasteiger partial charge in [-0.15, -0.1) is 12.4 Å². The maximum Gasteiger partial charge on any atom is 0.253 e. The van der Waals surface area contributed by atoms with Gasteiger partial charge in [0.25, 0.3) is 5.91 Å². The first-order valence-corrected chi connectivity index (χ1v) is 9.41. The third kappa shape index (κ3) is 3.64. The van der Waals surface area contributed by atoms with Gasteiger partial charge in [0.05, 0.1) is 5.56 Å². The number of carbonyl (C=O) groups excluding carboxylic acids is 1. The minimum absolute atomic E-state index is 0. The number of aryl methyl sites for hydroxylation is 1. The van der Waals surface area contributed by atoms with Crippen molar-refractivity contribution in [3.63, 3.8) is 0 Å². The Kier molecular flexibility index (Phi) is 5.66. The summed E-state index contributed by atoms with van der Waals surface area (Å²) in [6.45, 7) is 4.03. The third-order valence-electron chi connectivity index (χ3n) is 5.57. The van der Waals surface area contributed by atoms with Crippen LogP contribution in [0.4, 0.5) is 0 Å².